The normalized spacial score (nSPS) is 10.7. The van der Waals surface area contributed by atoms with Gasteiger partial charge >= 0.3 is 0 Å². The number of benzene rings is 3. The minimum absolute atomic E-state index is 0.211. The van der Waals surface area contributed by atoms with Crippen LogP contribution in [0.5, 0.6) is 11.5 Å². The Kier molecular flexibility index (Phi) is 7.10. The average Bonchev–Trinajstić information content (AvgIpc) is 2.83. The van der Waals surface area contributed by atoms with Crippen molar-refractivity contribution in [1.82, 2.24) is 10.9 Å². The van der Waals surface area contributed by atoms with Gasteiger partial charge in [0.2, 0.25) is 0 Å². The van der Waals surface area contributed by atoms with Gasteiger partial charge in [-0.15, -0.1) is 0 Å². The molecule has 1 amide bonds. The number of thiocarbonyl (C=S) groups is 1. The first-order valence-electron chi connectivity index (χ1n) is 9.69. The summed E-state index contributed by atoms with van der Waals surface area (Å²) >= 11 is 5.36. The van der Waals surface area contributed by atoms with Crippen molar-refractivity contribution in [2.75, 3.05) is 19.5 Å². The second kappa shape index (κ2) is 9.95. The van der Waals surface area contributed by atoms with Gasteiger partial charge < -0.3 is 14.8 Å². The van der Waals surface area contributed by atoms with Gasteiger partial charge in [-0.25, -0.2) is 0 Å². The monoisotopic (exact) mass is 435 g/mol. The van der Waals surface area contributed by atoms with E-state index in [1.807, 2.05) is 67.6 Å². The molecule has 7 heteroatoms. The molecular formula is C24H25N3O3S. The van der Waals surface area contributed by atoms with E-state index in [9.17, 15) is 4.79 Å². The maximum absolute atomic E-state index is 13.3. The predicted molar refractivity (Wildman–Crippen MR) is 126 cm³/mol. The first kappa shape index (κ1) is 22.1. The van der Waals surface area contributed by atoms with E-state index in [2.05, 4.69) is 16.2 Å². The fourth-order valence-corrected chi connectivity index (χ4v) is 3.44. The summed E-state index contributed by atoms with van der Waals surface area (Å²) in [5, 5.41) is 3.23. The van der Waals surface area contributed by atoms with E-state index in [4.69, 9.17) is 21.7 Å². The second-order valence-electron chi connectivity index (χ2n) is 6.96. The van der Waals surface area contributed by atoms with Gasteiger partial charge in [-0.1, -0.05) is 60.7 Å². The van der Waals surface area contributed by atoms with E-state index < -0.39 is 5.41 Å². The van der Waals surface area contributed by atoms with Crippen LogP contribution in [0.25, 0.3) is 0 Å². The van der Waals surface area contributed by atoms with Gasteiger partial charge in [0, 0.05) is 6.07 Å². The van der Waals surface area contributed by atoms with Gasteiger partial charge in [-0.2, -0.15) is 0 Å². The Hall–Kier alpha value is -3.58. The number of rotatable bonds is 6. The van der Waals surface area contributed by atoms with E-state index in [1.54, 1.807) is 32.4 Å². The number of nitrogens with one attached hydrogen (secondary N) is 3. The van der Waals surface area contributed by atoms with Crippen molar-refractivity contribution in [3.05, 3.63) is 90.0 Å². The Morgan fingerprint density at radius 1 is 0.839 bits per heavy atom. The molecule has 0 unspecified atom stereocenters. The van der Waals surface area contributed by atoms with Crippen LogP contribution in [-0.4, -0.2) is 25.2 Å². The maximum Gasteiger partial charge on any atom is 0.253 e. The molecule has 0 aromatic heterocycles. The van der Waals surface area contributed by atoms with Crippen LogP contribution in [0.1, 0.15) is 18.1 Å². The molecule has 3 N–H and O–H groups in total. The van der Waals surface area contributed by atoms with Crippen LogP contribution in [0.3, 0.4) is 0 Å². The van der Waals surface area contributed by atoms with Crippen LogP contribution in [0, 0.1) is 0 Å². The number of amides is 1. The minimum Gasteiger partial charge on any atom is -0.497 e. The Labute approximate surface area is 187 Å². The van der Waals surface area contributed by atoms with Crippen LogP contribution in [0.4, 0.5) is 5.69 Å². The van der Waals surface area contributed by atoms with Crippen LogP contribution in [-0.2, 0) is 10.2 Å². The predicted octanol–water partition coefficient (Wildman–Crippen LogP) is 4.03. The molecule has 0 aliphatic heterocycles. The summed E-state index contributed by atoms with van der Waals surface area (Å²) in [5.41, 5.74) is 6.97. The van der Waals surface area contributed by atoms with Crippen molar-refractivity contribution in [2.45, 2.75) is 12.3 Å². The highest BCUT2D eigenvalue weighted by Crippen LogP contribution is 2.32. The largest absolute Gasteiger partial charge is 0.497 e. The highest BCUT2D eigenvalue weighted by atomic mass is 32.1. The fourth-order valence-electron chi connectivity index (χ4n) is 3.28. The smallest absolute Gasteiger partial charge is 0.253 e. The lowest BCUT2D eigenvalue weighted by atomic mass is 9.75. The summed E-state index contributed by atoms with van der Waals surface area (Å²) in [6.07, 6.45) is 0. The molecule has 0 aliphatic carbocycles. The molecule has 0 saturated heterocycles. The molecule has 0 saturated carbocycles. The number of methoxy groups -OCH3 is 2. The zero-order valence-corrected chi connectivity index (χ0v) is 18.5. The van der Waals surface area contributed by atoms with Gasteiger partial charge in [0.05, 0.1) is 25.3 Å². The molecule has 3 aromatic carbocycles. The number of carbonyl (C=O) groups is 1. The van der Waals surface area contributed by atoms with E-state index in [0.29, 0.717) is 17.2 Å². The van der Waals surface area contributed by atoms with Crippen molar-refractivity contribution in [3.63, 3.8) is 0 Å². The maximum atomic E-state index is 13.3. The van der Waals surface area contributed by atoms with Gasteiger partial charge in [0.15, 0.2) is 5.11 Å². The van der Waals surface area contributed by atoms with Crippen molar-refractivity contribution in [2.24, 2.45) is 0 Å². The third kappa shape index (κ3) is 4.95. The summed E-state index contributed by atoms with van der Waals surface area (Å²) in [6.45, 7) is 1.89. The Bertz CT molecular complexity index is 1000. The van der Waals surface area contributed by atoms with Crippen LogP contribution < -0.4 is 25.6 Å². The molecule has 3 rings (SSSR count). The van der Waals surface area contributed by atoms with E-state index in [0.717, 1.165) is 11.1 Å². The van der Waals surface area contributed by atoms with Crippen LogP contribution >= 0.6 is 12.2 Å². The van der Waals surface area contributed by atoms with E-state index >= 15 is 0 Å². The van der Waals surface area contributed by atoms with Crippen LogP contribution in [0.15, 0.2) is 78.9 Å². The molecule has 6 nitrogen and oxygen atoms in total. The molecular weight excluding hydrogens is 410 g/mol. The zero-order valence-electron chi connectivity index (χ0n) is 17.6. The lowest BCUT2D eigenvalue weighted by Crippen LogP contribution is -2.51. The fraction of sp³-hybridized carbons (Fsp3) is 0.167. The highest BCUT2D eigenvalue weighted by molar-refractivity contribution is 7.80. The second-order valence-corrected chi connectivity index (χ2v) is 7.36. The third-order valence-corrected chi connectivity index (χ3v) is 5.30. The molecule has 0 atom stereocenters. The number of hydrazine groups is 1. The molecule has 0 spiro atoms. The number of ether oxygens (including phenoxy) is 2. The van der Waals surface area contributed by atoms with Crippen molar-refractivity contribution < 1.29 is 14.3 Å². The molecule has 31 heavy (non-hydrogen) atoms. The summed E-state index contributed by atoms with van der Waals surface area (Å²) < 4.78 is 10.6. The number of anilines is 1. The number of hydrogen-bond donors (Lipinski definition) is 3. The first-order chi connectivity index (χ1) is 15.0. The van der Waals surface area contributed by atoms with Gasteiger partial charge in [0.25, 0.3) is 5.91 Å². The van der Waals surface area contributed by atoms with Crippen LogP contribution in [0.2, 0.25) is 0 Å². The number of carbonyl (C=O) groups excluding carboxylic acids is 1. The van der Waals surface area contributed by atoms with Crippen molar-refractivity contribution in [1.29, 1.82) is 0 Å². The van der Waals surface area contributed by atoms with Crippen molar-refractivity contribution in [3.8, 4) is 11.5 Å². The standard InChI is InChI=1S/C24H25N3O3S/c1-24(17-10-6-4-7-11-17,18-12-8-5-9-13-18)22(28)26-27-23(31)25-20-16-19(29-2)14-15-21(20)30-3/h4-16H,1-3H3,(H,26,28)(H2,25,27,31). The summed E-state index contributed by atoms with van der Waals surface area (Å²) in [4.78, 5) is 13.3. The molecule has 3 aromatic rings. The molecule has 0 bridgehead atoms. The molecule has 160 valence electrons. The Balaban J connectivity index is 1.77. The zero-order chi connectivity index (χ0) is 22.3. The first-order valence-corrected chi connectivity index (χ1v) is 10.1. The molecule has 0 heterocycles. The molecule has 0 fully saturated rings. The molecule has 0 aliphatic rings. The van der Waals surface area contributed by atoms with Gasteiger partial charge in [0.1, 0.15) is 11.5 Å². The van der Waals surface area contributed by atoms with Gasteiger partial charge in [-0.05, 0) is 42.4 Å². The topological polar surface area (TPSA) is 71.6 Å². The lowest BCUT2D eigenvalue weighted by Gasteiger charge is -2.30. The summed E-state index contributed by atoms with van der Waals surface area (Å²) in [5.74, 6) is 0.997. The molecule has 0 radical (unpaired) electrons. The lowest BCUT2D eigenvalue weighted by molar-refractivity contribution is -0.125. The highest BCUT2D eigenvalue weighted by Gasteiger charge is 2.37. The SMILES string of the molecule is COc1ccc(OC)c(NC(=S)NNC(=O)C(C)(c2ccccc2)c2ccccc2)c1. The summed E-state index contributed by atoms with van der Waals surface area (Å²) in [7, 11) is 3.15. The Morgan fingerprint density at radius 3 is 1.94 bits per heavy atom. The minimum atomic E-state index is -0.918. The Morgan fingerprint density at radius 2 is 1.42 bits per heavy atom. The van der Waals surface area contributed by atoms with Crippen molar-refractivity contribution >= 4 is 28.9 Å². The van der Waals surface area contributed by atoms with Gasteiger partial charge in [-0.3, -0.25) is 15.6 Å². The average molecular weight is 436 g/mol. The van der Waals surface area contributed by atoms with E-state index in [-0.39, 0.29) is 11.0 Å². The number of hydrogen-bond acceptors (Lipinski definition) is 4. The third-order valence-electron chi connectivity index (χ3n) is 5.10. The van der Waals surface area contributed by atoms with E-state index in [1.165, 1.54) is 0 Å². The summed E-state index contributed by atoms with van der Waals surface area (Å²) in [6, 6.07) is 24.6. The quantitative estimate of drug-likeness (QED) is 0.401.